The molecule has 1 saturated heterocycles. The third-order valence-electron chi connectivity index (χ3n) is 3.07. The predicted molar refractivity (Wildman–Crippen MR) is 62.6 cm³/mol. The molecule has 0 spiro atoms. The van der Waals surface area contributed by atoms with Crippen LogP contribution in [0.15, 0.2) is 0 Å². The largest absolute Gasteiger partial charge is 0.303 e. The second-order valence-corrected chi connectivity index (χ2v) is 5.66. The van der Waals surface area contributed by atoms with E-state index in [-0.39, 0.29) is 5.54 Å². The Morgan fingerprint density at radius 3 is 2.40 bits per heavy atom. The molecule has 3 heteroatoms. The minimum absolute atomic E-state index is 0.155. The van der Waals surface area contributed by atoms with Crippen LogP contribution in [0.5, 0.6) is 0 Å². The first-order valence-corrected chi connectivity index (χ1v) is 5.70. The Kier molecular flexibility index (Phi) is 3.75. The molecule has 2 unspecified atom stereocenters. The number of hydrogen-bond donors (Lipinski definition) is 0. The lowest BCUT2D eigenvalue weighted by Gasteiger charge is -2.50. The van der Waals surface area contributed by atoms with Crippen molar-refractivity contribution in [2.24, 2.45) is 0 Å². The summed E-state index contributed by atoms with van der Waals surface area (Å²) < 4.78 is 0. The molecule has 0 saturated carbocycles. The molecule has 0 radical (unpaired) electrons. The number of rotatable bonds is 1. The molecule has 0 aromatic heterocycles. The molecule has 0 aromatic carbocycles. The third-order valence-corrected chi connectivity index (χ3v) is 3.07. The van der Waals surface area contributed by atoms with Crippen LogP contribution in [0.1, 0.15) is 34.1 Å². The van der Waals surface area contributed by atoms with Crippen LogP contribution in [-0.2, 0) is 0 Å². The highest BCUT2D eigenvalue weighted by Gasteiger charge is 2.36. The predicted octanol–water partition coefficient (Wildman–Crippen LogP) is 1.70. The molecule has 86 valence electrons. The van der Waals surface area contributed by atoms with Gasteiger partial charge in [-0.05, 0) is 34.7 Å². The highest BCUT2D eigenvalue weighted by atomic mass is 15.3. The van der Waals surface area contributed by atoms with E-state index in [4.69, 9.17) is 5.26 Å². The number of nitriles is 1. The molecule has 0 bridgehead atoms. The average molecular weight is 209 g/mol. The highest BCUT2D eigenvalue weighted by molar-refractivity contribution is 4.96. The summed E-state index contributed by atoms with van der Waals surface area (Å²) in [5.74, 6) is 0. The molecule has 0 aromatic rings. The van der Waals surface area contributed by atoms with Gasteiger partial charge in [-0.15, -0.1) is 0 Å². The van der Waals surface area contributed by atoms with Gasteiger partial charge in [0.05, 0.1) is 12.5 Å². The summed E-state index contributed by atoms with van der Waals surface area (Å²) in [4.78, 5) is 4.82. The van der Waals surface area contributed by atoms with Crippen LogP contribution in [0.25, 0.3) is 0 Å². The monoisotopic (exact) mass is 209 g/mol. The summed E-state index contributed by atoms with van der Waals surface area (Å²) in [6.45, 7) is 11.1. The third kappa shape index (κ3) is 2.93. The lowest BCUT2D eigenvalue weighted by Crippen LogP contribution is -2.62. The Hall–Kier alpha value is -0.590. The fraction of sp³-hybridized carbons (Fsp3) is 0.917. The zero-order valence-corrected chi connectivity index (χ0v) is 10.6. The first-order valence-electron chi connectivity index (χ1n) is 5.70. The molecule has 1 aliphatic rings. The number of hydrogen-bond acceptors (Lipinski definition) is 3. The summed E-state index contributed by atoms with van der Waals surface area (Å²) >= 11 is 0. The van der Waals surface area contributed by atoms with Crippen molar-refractivity contribution in [2.75, 3.05) is 20.1 Å². The van der Waals surface area contributed by atoms with E-state index in [9.17, 15) is 0 Å². The summed E-state index contributed by atoms with van der Waals surface area (Å²) in [6, 6.07) is 3.22. The van der Waals surface area contributed by atoms with E-state index in [1.54, 1.807) is 0 Å². The number of nitrogens with zero attached hydrogens (tertiary/aromatic N) is 3. The minimum atomic E-state index is 0.155. The van der Waals surface area contributed by atoms with Gasteiger partial charge in [-0.1, -0.05) is 0 Å². The van der Waals surface area contributed by atoms with Gasteiger partial charge in [-0.3, -0.25) is 4.90 Å². The zero-order chi connectivity index (χ0) is 11.6. The molecule has 0 N–H and O–H groups in total. The second kappa shape index (κ2) is 4.51. The van der Waals surface area contributed by atoms with E-state index in [0.717, 1.165) is 13.1 Å². The average Bonchev–Trinajstić information content (AvgIpc) is 1.99. The van der Waals surface area contributed by atoms with Crippen molar-refractivity contribution < 1.29 is 0 Å². The van der Waals surface area contributed by atoms with Crippen molar-refractivity contribution in [3.63, 3.8) is 0 Å². The molecule has 3 nitrogen and oxygen atoms in total. The topological polar surface area (TPSA) is 30.3 Å². The summed E-state index contributed by atoms with van der Waals surface area (Å²) in [5.41, 5.74) is 0.155. The van der Waals surface area contributed by atoms with Gasteiger partial charge >= 0.3 is 0 Å². The van der Waals surface area contributed by atoms with Crippen LogP contribution >= 0.6 is 0 Å². The minimum Gasteiger partial charge on any atom is -0.303 e. The van der Waals surface area contributed by atoms with Gasteiger partial charge in [0.1, 0.15) is 0 Å². The Bertz CT molecular complexity index is 249. The van der Waals surface area contributed by atoms with Crippen molar-refractivity contribution in [3.8, 4) is 6.07 Å². The van der Waals surface area contributed by atoms with E-state index in [2.05, 4.69) is 50.6 Å². The van der Waals surface area contributed by atoms with Crippen LogP contribution in [-0.4, -0.2) is 47.6 Å². The zero-order valence-electron chi connectivity index (χ0n) is 10.6. The molecule has 0 amide bonds. The SMILES string of the molecule is CC1CN(C)CC(CC#N)N1C(C)(C)C. The Balaban J connectivity index is 2.83. The van der Waals surface area contributed by atoms with E-state index in [0.29, 0.717) is 18.5 Å². The van der Waals surface area contributed by atoms with E-state index in [1.807, 2.05) is 0 Å². The lowest BCUT2D eigenvalue weighted by molar-refractivity contribution is -0.0197. The molecule has 15 heavy (non-hydrogen) atoms. The van der Waals surface area contributed by atoms with Crippen molar-refractivity contribution >= 4 is 0 Å². The smallest absolute Gasteiger partial charge is 0.0638 e. The lowest BCUT2D eigenvalue weighted by atomic mass is 9.95. The summed E-state index contributed by atoms with van der Waals surface area (Å²) in [5, 5.41) is 8.88. The fourth-order valence-corrected chi connectivity index (χ4v) is 2.90. The molecular formula is C12H23N3. The Morgan fingerprint density at radius 1 is 1.33 bits per heavy atom. The first kappa shape index (κ1) is 12.5. The van der Waals surface area contributed by atoms with Gasteiger partial charge in [0.2, 0.25) is 0 Å². The van der Waals surface area contributed by atoms with Crippen LogP contribution in [0.2, 0.25) is 0 Å². The molecule has 0 aliphatic carbocycles. The number of likely N-dealkylation sites (N-methyl/N-ethyl adjacent to an activating group) is 1. The maximum atomic E-state index is 8.88. The molecule has 1 aliphatic heterocycles. The van der Waals surface area contributed by atoms with Crippen LogP contribution in [0.4, 0.5) is 0 Å². The second-order valence-electron chi connectivity index (χ2n) is 5.66. The Morgan fingerprint density at radius 2 is 1.93 bits per heavy atom. The summed E-state index contributed by atoms with van der Waals surface area (Å²) in [6.07, 6.45) is 0.631. The molecule has 1 fully saturated rings. The van der Waals surface area contributed by atoms with Crippen molar-refractivity contribution in [1.29, 1.82) is 5.26 Å². The van der Waals surface area contributed by atoms with Gasteiger partial charge in [0.15, 0.2) is 0 Å². The summed E-state index contributed by atoms with van der Waals surface area (Å²) in [7, 11) is 2.14. The standard InChI is InChI=1S/C12H23N3/c1-10-8-14(5)9-11(6-7-13)15(10)12(2,3)4/h10-11H,6,8-9H2,1-5H3. The van der Waals surface area contributed by atoms with Gasteiger partial charge in [-0.2, -0.15) is 5.26 Å². The van der Waals surface area contributed by atoms with Gasteiger partial charge in [-0.25, -0.2) is 0 Å². The quantitative estimate of drug-likeness (QED) is 0.658. The molecular weight excluding hydrogens is 186 g/mol. The Labute approximate surface area is 93.7 Å². The van der Waals surface area contributed by atoms with E-state index in [1.165, 1.54) is 0 Å². The van der Waals surface area contributed by atoms with Gasteiger partial charge < -0.3 is 4.90 Å². The van der Waals surface area contributed by atoms with Crippen molar-refractivity contribution in [3.05, 3.63) is 0 Å². The maximum absolute atomic E-state index is 8.88. The molecule has 1 rings (SSSR count). The van der Waals surface area contributed by atoms with Gasteiger partial charge in [0.25, 0.3) is 0 Å². The van der Waals surface area contributed by atoms with E-state index < -0.39 is 0 Å². The van der Waals surface area contributed by atoms with Gasteiger partial charge in [0, 0.05) is 30.7 Å². The van der Waals surface area contributed by atoms with Crippen LogP contribution in [0, 0.1) is 11.3 Å². The first-order chi connectivity index (χ1) is 6.86. The molecule has 2 atom stereocenters. The highest BCUT2D eigenvalue weighted by Crippen LogP contribution is 2.26. The maximum Gasteiger partial charge on any atom is 0.0638 e. The number of piperazine rings is 1. The normalized spacial score (nSPS) is 30.1. The van der Waals surface area contributed by atoms with Crippen molar-refractivity contribution in [2.45, 2.75) is 51.7 Å². The van der Waals surface area contributed by atoms with Crippen LogP contribution in [0.3, 0.4) is 0 Å². The van der Waals surface area contributed by atoms with Crippen LogP contribution < -0.4 is 0 Å². The fourth-order valence-electron chi connectivity index (χ4n) is 2.90. The van der Waals surface area contributed by atoms with Crippen molar-refractivity contribution in [1.82, 2.24) is 9.80 Å². The van der Waals surface area contributed by atoms with E-state index >= 15 is 0 Å². The molecule has 1 heterocycles.